The van der Waals surface area contributed by atoms with Crippen LogP contribution in [0.2, 0.25) is 0 Å². The van der Waals surface area contributed by atoms with Gasteiger partial charge in [-0.3, -0.25) is 9.59 Å². The van der Waals surface area contributed by atoms with Crippen LogP contribution in [-0.4, -0.2) is 16.7 Å². The van der Waals surface area contributed by atoms with Crippen molar-refractivity contribution >= 4 is 11.6 Å². The summed E-state index contributed by atoms with van der Waals surface area (Å²) in [5.41, 5.74) is 0.194. The predicted octanol–water partition coefficient (Wildman–Crippen LogP) is 1.90. The van der Waals surface area contributed by atoms with E-state index in [1.807, 2.05) is 0 Å². The number of allylic oxidation sites excluding steroid dienone is 1. The van der Waals surface area contributed by atoms with Crippen molar-refractivity contribution in [3.63, 3.8) is 0 Å². The van der Waals surface area contributed by atoms with E-state index in [1.54, 1.807) is 30.3 Å². The lowest BCUT2D eigenvalue weighted by Gasteiger charge is -2.00. The summed E-state index contributed by atoms with van der Waals surface area (Å²) >= 11 is 0. The summed E-state index contributed by atoms with van der Waals surface area (Å²) in [6, 6.07) is 8.35. The third kappa shape index (κ3) is 2.07. The number of benzene rings is 1. The molecule has 1 N–H and O–H groups in total. The Balaban J connectivity index is 3.02. The second-order valence-electron chi connectivity index (χ2n) is 2.79. The summed E-state index contributed by atoms with van der Waals surface area (Å²) in [7, 11) is 0. The van der Waals surface area contributed by atoms with E-state index < -0.39 is 11.6 Å². The molecule has 0 amide bonds. The lowest BCUT2D eigenvalue weighted by atomic mass is 10.0. The fourth-order valence-corrected chi connectivity index (χ4v) is 1.05. The molecule has 3 nitrogen and oxygen atoms in total. The van der Waals surface area contributed by atoms with Crippen LogP contribution >= 0.6 is 0 Å². The fourth-order valence-electron chi connectivity index (χ4n) is 1.05. The Hall–Kier alpha value is -1.90. The van der Waals surface area contributed by atoms with E-state index in [2.05, 4.69) is 0 Å². The molecule has 0 saturated carbocycles. The van der Waals surface area contributed by atoms with Gasteiger partial charge in [-0.2, -0.15) is 0 Å². The van der Waals surface area contributed by atoms with Gasteiger partial charge < -0.3 is 5.11 Å². The normalized spacial score (nSPS) is 11.1. The van der Waals surface area contributed by atoms with Crippen LogP contribution in [-0.2, 0) is 4.79 Å². The first-order valence-corrected chi connectivity index (χ1v) is 4.12. The molecule has 0 aliphatic heterocycles. The van der Waals surface area contributed by atoms with Crippen molar-refractivity contribution in [3.05, 3.63) is 47.7 Å². The van der Waals surface area contributed by atoms with Gasteiger partial charge in [0.25, 0.3) is 0 Å². The molecule has 1 aromatic carbocycles. The van der Waals surface area contributed by atoms with Crippen molar-refractivity contribution < 1.29 is 14.7 Å². The number of ketones is 2. The molecule has 0 aromatic heterocycles. The number of Topliss-reactive ketones (excluding diaryl/α,β-unsaturated/α-hetero) is 2. The monoisotopic (exact) mass is 190 g/mol. The van der Waals surface area contributed by atoms with E-state index in [0.29, 0.717) is 11.8 Å². The summed E-state index contributed by atoms with van der Waals surface area (Å²) in [5, 5.41) is 8.72. The zero-order chi connectivity index (χ0) is 10.6. The molecule has 0 aliphatic carbocycles. The summed E-state index contributed by atoms with van der Waals surface area (Å²) < 4.78 is 0. The third-order valence-corrected chi connectivity index (χ3v) is 1.79. The second-order valence-corrected chi connectivity index (χ2v) is 2.79. The van der Waals surface area contributed by atoms with Gasteiger partial charge in [0.15, 0.2) is 11.6 Å². The number of carbonyl (C=O) groups excluding carboxylic acids is 2. The van der Waals surface area contributed by atoms with E-state index in [9.17, 15) is 9.59 Å². The van der Waals surface area contributed by atoms with Gasteiger partial charge in [0.2, 0.25) is 0 Å². The van der Waals surface area contributed by atoms with Gasteiger partial charge in [-0.1, -0.05) is 30.3 Å². The van der Waals surface area contributed by atoms with E-state index in [0.717, 1.165) is 0 Å². The van der Waals surface area contributed by atoms with Gasteiger partial charge in [-0.05, 0) is 6.92 Å². The molecule has 14 heavy (non-hydrogen) atoms. The van der Waals surface area contributed by atoms with Crippen LogP contribution < -0.4 is 0 Å². The first kappa shape index (κ1) is 10.2. The summed E-state index contributed by atoms with van der Waals surface area (Å²) in [6.45, 7) is 1.24. The lowest BCUT2D eigenvalue weighted by molar-refractivity contribution is -0.113. The SMILES string of the molecule is CC(=O)C(=CO)C(=O)c1ccccc1. The van der Waals surface area contributed by atoms with Gasteiger partial charge in [-0.25, -0.2) is 0 Å². The molecular formula is C11H10O3. The van der Waals surface area contributed by atoms with Crippen molar-refractivity contribution in [2.75, 3.05) is 0 Å². The molecule has 0 heterocycles. The average Bonchev–Trinajstić information content (AvgIpc) is 2.19. The maximum absolute atomic E-state index is 11.6. The average molecular weight is 190 g/mol. The Kier molecular flexibility index (Phi) is 3.18. The number of rotatable bonds is 3. The zero-order valence-electron chi connectivity index (χ0n) is 7.73. The van der Waals surface area contributed by atoms with Crippen LogP contribution in [0.3, 0.4) is 0 Å². The molecule has 0 unspecified atom stereocenters. The molecule has 0 bridgehead atoms. The molecule has 1 rings (SSSR count). The lowest BCUT2D eigenvalue weighted by Crippen LogP contribution is -2.10. The molecule has 3 heteroatoms. The molecule has 0 spiro atoms. The molecule has 0 radical (unpaired) electrons. The zero-order valence-corrected chi connectivity index (χ0v) is 7.73. The van der Waals surface area contributed by atoms with Crippen molar-refractivity contribution in [2.24, 2.45) is 0 Å². The van der Waals surface area contributed by atoms with Crippen LogP contribution in [0.1, 0.15) is 17.3 Å². The fraction of sp³-hybridized carbons (Fsp3) is 0.0909. The third-order valence-electron chi connectivity index (χ3n) is 1.79. The minimum absolute atomic E-state index is 0.198. The molecule has 0 aliphatic rings. The maximum atomic E-state index is 11.6. The van der Waals surface area contributed by atoms with E-state index >= 15 is 0 Å². The molecule has 0 atom stereocenters. The van der Waals surface area contributed by atoms with Gasteiger partial charge in [0, 0.05) is 5.56 Å². The largest absolute Gasteiger partial charge is 0.515 e. The van der Waals surface area contributed by atoms with Crippen molar-refractivity contribution in [1.29, 1.82) is 0 Å². The van der Waals surface area contributed by atoms with Crippen molar-refractivity contribution in [3.8, 4) is 0 Å². The van der Waals surface area contributed by atoms with Gasteiger partial charge in [0.1, 0.15) is 0 Å². The number of aliphatic hydroxyl groups is 1. The molecule has 0 saturated heterocycles. The second kappa shape index (κ2) is 4.37. The van der Waals surface area contributed by atoms with Crippen LogP contribution in [0.4, 0.5) is 0 Å². The maximum Gasteiger partial charge on any atom is 0.199 e. The number of carbonyl (C=O) groups is 2. The molecule has 1 aromatic rings. The Morgan fingerprint density at radius 1 is 1.21 bits per heavy atom. The number of hydrogen-bond acceptors (Lipinski definition) is 3. The van der Waals surface area contributed by atoms with Crippen LogP contribution in [0.5, 0.6) is 0 Å². The van der Waals surface area contributed by atoms with Crippen molar-refractivity contribution in [2.45, 2.75) is 6.92 Å². The quantitative estimate of drug-likeness (QED) is 0.260. The minimum atomic E-state index is -0.458. The Bertz CT molecular complexity index is 377. The Morgan fingerprint density at radius 3 is 2.21 bits per heavy atom. The molecular weight excluding hydrogens is 180 g/mol. The van der Waals surface area contributed by atoms with E-state index in [-0.39, 0.29) is 5.57 Å². The summed E-state index contributed by atoms with van der Waals surface area (Å²) in [6.07, 6.45) is 0.553. The van der Waals surface area contributed by atoms with E-state index in [1.165, 1.54) is 6.92 Å². The minimum Gasteiger partial charge on any atom is -0.515 e. The number of aliphatic hydroxyl groups excluding tert-OH is 1. The summed E-state index contributed by atoms with van der Waals surface area (Å²) in [4.78, 5) is 22.5. The molecule has 72 valence electrons. The van der Waals surface area contributed by atoms with Gasteiger partial charge in [-0.15, -0.1) is 0 Å². The van der Waals surface area contributed by atoms with Gasteiger partial charge in [0.05, 0.1) is 11.8 Å². The standard InChI is InChI=1S/C11H10O3/c1-8(13)10(7-12)11(14)9-5-3-2-4-6-9/h2-7,12H,1H3. The van der Waals surface area contributed by atoms with Crippen LogP contribution in [0.15, 0.2) is 42.2 Å². The first-order chi connectivity index (χ1) is 6.66. The Labute approximate surface area is 81.7 Å². The number of hydrogen-bond donors (Lipinski definition) is 1. The topological polar surface area (TPSA) is 54.4 Å². The van der Waals surface area contributed by atoms with Gasteiger partial charge >= 0.3 is 0 Å². The summed E-state index contributed by atoms with van der Waals surface area (Å²) in [5.74, 6) is -0.901. The Morgan fingerprint density at radius 2 is 1.79 bits per heavy atom. The molecule has 0 fully saturated rings. The highest BCUT2D eigenvalue weighted by molar-refractivity contribution is 6.25. The van der Waals surface area contributed by atoms with Crippen molar-refractivity contribution in [1.82, 2.24) is 0 Å². The predicted molar refractivity (Wildman–Crippen MR) is 52.2 cm³/mol. The first-order valence-electron chi connectivity index (χ1n) is 4.12. The highest BCUT2D eigenvalue weighted by Gasteiger charge is 2.15. The highest BCUT2D eigenvalue weighted by atomic mass is 16.2. The highest BCUT2D eigenvalue weighted by Crippen LogP contribution is 2.08. The van der Waals surface area contributed by atoms with Crippen LogP contribution in [0.25, 0.3) is 0 Å². The van der Waals surface area contributed by atoms with E-state index in [4.69, 9.17) is 5.11 Å². The smallest absolute Gasteiger partial charge is 0.199 e. The van der Waals surface area contributed by atoms with Crippen LogP contribution in [0, 0.1) is 0 Å².